The van der Waals surface area contributed by atoms with E-state index in [2.05, 4.69) is 10.6 Å². The van der Waals surface area contributed by atoms with Gasteiger partial charge in [-0.25, -0.2) is 0 Å². The average Bonchev–Trinajstić information content (AvgIpc) is 2.23. The van der Waals surface area contributed by atoms with E-state index in [1.807, 2.05) is 20.8 Å². The van der Waals surface area contributed by atoms with Crippen molar-refractivity contribution in [2.75, 3.05) is 13.1 Å². The minimum absolute atomic E-state index is 0.00294. The van der Waals surface area contributed by atoms with E-state index in [0.29, 0.717) is 18.9 Å². The Labute approximate surface area is 97.2 Å². The molecule has 5 heteroatoms. The topological polar surface area (TPSA) is 84.2 Å². The predicted octanol–water partition coefficient (Wildman–Crippen LogP) is 0.00220. The minimum Gasteiger partial charge on any atom is -0.354 e. The molecule has 94 valence electrons. The zero-order valence-corrected chi connectivity index (χ0v) is 10.4. The Morgan fingerprint density at radius 2 is 1.88 bits per heavy atom. The third-order valence-corrected chi connectivity index (χ3v) is 2.07. The van der Waals surface area contributed by atoms with Gasteiger partial charge in [-0.3, -0.25) is 9.59 Å². The first-order valence-corrected chi connectivity index (χ1v) is 5.77. The molecule has 0 unspecified atom stereocenters. The summed E-state index contributed by atoms with van der Waals surface area (Å²) in [7, 11) is 0. The third kappa shape index (κ3) is 7.23. The highest BCUT2D eigenvalue weighted by Gasteiger charge is 2.12. The molecular formula is C11H23N3O2. The Kier molecular flexibility index (Phi) is 7.54. The second-order valence-corrected chi connectivity index (χ2v) is 4.31. The molecule has 0 aromatic carbocycles. The molecule has 0 aliphatic carbocycles. The Morgan fingerprint density at radius 1 is 1.25 bits per heavy atom. The highest BCUT2D eigenvalue weighted by Crippen LogP contribution is 1.92. The van der Waals surface area contributed by atoms with E-state index in [1.54, 1.807) is 0 Å². The summed E-state index contributed by atoms with van der Waals surface area (Å²) >= 11 is 0. The zero-order valence-electron chi connectivity index (χ0n) is 10.4. The first kappa shape index (κ1) is 14.9. The average molecular weight is 229 g/mol. The number of carbonyl (C=O) groups excluding carboxylic acids is 2. The fourth-order valence-electron chi connectivity index (χ4n) is 1.12. The molecule has 0 bridgehead atoms. The maximum atomic E-state index is 11.4. The van der Waals surface area contributed by atoms with Crippen LogP contribution in [0.25, 0.3) is 0 Å². The van der Waals surface area contributed by atoms with Crippen molar-refractivity contribution in [1.29, 1.82) is 0 Å². The summed E-state index contributed by atoms with van der Waals surface area (Å²) < 4.78 is 0. The number of carbonyl (C=O) groups is 2. The summed E-state index contributed by atoms with van der Waals surface area (Å²) in [6, 6.07) is -0.511. The van der Waals surface area contributed by atoms with Crippen molar-refractivity contribution in [2.24, 2.45) is 11.7 Å². The molecule has 0 aromatic rings. The quantitative estimate of drug-likeness (QED) is 0.574. The van der Waals surface area contributed by atoms with Gasteiger partial charge in [-0.15, -0.1) is 0 Å². The van der Waals surface area contributed by atoms with Crippen LogP contribution in [0.5, 0.6) is 0 Å². The van der Waals surface area contributed by atoms with Crippen molar-refractivity contribution in [3.8, 4) is 0 Å². The Bertz CT molecular complexity index is 229. The summed E-state index contributed by atoms with van der Waals surface area (Å²) in [6.07, 6.45) is 1.49. The van der Waals surface area contributed by atoms with Gasteiger partial charge in [-0.1, -0.05) is 27.2 Å². The second-order valence-electron chi connectivity index (χ2n) is 4.31. The van der Waals surface area contributed by atoms with E-state index < -0.39 is 6.04 Å². The highest BCUT2D eigenvalue weighted by atomic mass is 16.2. The minimum atomic E-state index is -0.511. The fraction of sp³-hybridized carbons (Fsp3) is 0.818. The molecule has 0 saturated heterocycles. The molecule has 16 heavy (non-hydrogen) atoms. The molecule has 0 aliphatic heterocycles. The van der Waals surface area contributed by atoms with Crippen LogP contribution < -0.4 is 16.4 Å². The number of amides is 2. The van der Waals surface area contributed by atoms with E-state index in [0.717, 1.165) is 6.42 Å². The number of rotatable bonds is 7. The predicted molar refractivity (Wildman–Crippen MR) is 63.7 cm³/mol. The molecule has 1 atom stereocenters. The summed E-state index contributed by atoms with van der Waals surface area (Å²) in [4.78, 5) is 22.6. The lowest BCUT2D eigenvalue weighted by Gasteiger charge is -2.11. The zero-order chi connectivity index (χ0) is 12.6. The molecule has 2 amide bonds. The van der Waals surface area contributed by atoms with Crippen molar-refractivity contribution in [3.63, 3.8) is 0 Å². The van der Waals surface area contributed by atoms with E-state index >= 15 is 0 Å². The van der Waals surface area contributed by atoms with Gasteiger partial charge in [0.15, 0.2) is 0 Å². The van der Waals surface area contributed by atoms with Crippen molar-refractivity contribution in [3.05, 3.63) is 0 Å². The van der Waals surface area contributed by atoms with Gasteiger partial charge in [0.1, 0.15) is 0 Å². The summed E-state index contributed by atoms with van der Waals surface area (Å²) in [5, 5.41) is 5.23. The van der Waals surface area contributed by atoms with Crippen LogP contribution in [0.1, 0.15) is 33.6 Å². The van der Waals surface area contributed by atoms with Crippen LogP contribution in [-0.2, 0) is 9.59 Å². The van der Waals surface area contributed by atoms with Crippen molar-refractivity contribution >= 4 is 11.8 Å². The van der Waals surface area contributed by atoms with Crippen LogP contribution in [0.15, 0.2) is 0 Å². The second kappa shape index (κ2) is 8.10. The molecule has 4 N–H and O–H groups in total. The molecule has 0 radical (unpaired) electrons. The molecule has 0 spiro atoms. The lowest BCUT2D eigenvalue weighted by Crippen LogP contribution is -2.45. The summed E-state index contributed by atoms with van der Waals surface area (Å²) in [6.45, 7) is 6.60. The molecule has 0 fully saturated rings. The van der Waals surface area contributed by atoms with Gasteiger partial charge in [0.05, 0.1) is 12.6 Å². The number of nitrogens with one attached hydrogen (secondary N) is 2. The Morgan fingerprint density at radius 3 is 2.38 bits per heavy atom. The first-order valence-electron chi connectivity index (χ1n) is 5.77. The SMILES string of the molecule is CCC[C@@H](N)C(=O)NCC(=O)NCC(C)C. The van der Waals surface area contributed by atoms with Gasteiger partial charge < -0.3 is 16.4 Å². The van der Waals surface area contributed by atoms with E-state index in [-0.39, 0.29) is 18.4 Å². The van der Waals surface area contributed by atoms with Gasteiger partial charge in [-0.2, -0.15) is 0 Å². The smallest absolute Gasteiger partial charge is 0.239 e. The number of hydrogen-bond donors (Lipinski definition) is 3. The van der Waals surface area contributed by atoms with E-state index in [4.69, 9.17) is 5.73 Å². The summed E-state index contributed by atoms with van der Waals surface area (Å²) in [5.41, 5.74) is 5.59. The van der Waals surface area contributed by atoms with Gasteiger partial charge in [0, 0.05) is 6.54 Å². The maximum absolute atomic E-state index is 11.4. The molecule has 0 aliphatic rings. The molecule has 0 saturated carbocycles. The van der Waals surface area contributed by atoms with Crippen LogP contribution in [0.4, 0.5) is 0 Å². The van der Waals surface area contributed by atoms with Crippen molar-refractivity contribution < 1.29 is 9.59 Å². The van der Waals surface area contributed by atoms with Crippen molar-refractivity contribution in [2.45, 2.75) is 39.7 Å². The largest absolute Gasteiger partial charge is 0.354 e. The van der Waals surface area contributed by atoms with Crippen LogP contribution in [0, 0.1) is 5.92 Å². The molecule has 0 heterocycles. The standard InChI is InChI=1S/C11H23N3O2/c1-4-5-9(12)11(16)14-7-10(15)13-6-8(2)3/h8-9H,4-7,12H2,1-3H3,(H,13,15)(H,14,16)/t9-/m1/s1. The lowest BCUT2D eigenvalue weighted by atomic mass is 10.2. The first-order chi connectivity index (χ1) is 7.47. The van der Waals surface area contributed by atoms with Gasteiger partial charge in [0.2, 0.25) is 11.8 Å². The van der Waals surface area contributed by atoms with E-state index in [1.165, 1.54) is 0 Å². The summed E-state index contributed by atoms with van der Waals surface area (Å²) in [5.74, 6) is -0.0331. The lowest BCUT2D eigenvalue weighted by molar-refractivity contribution is -0.126. The Hall–Kier alpha value is -1.10. The highest BCUT2D eigenvalue weighted by molar-refractivity contribution is 5.87. The van der Waals surface area contributed by atoms with Gasteiger partial charge in [-0.05, 0) is 12.3 Å². The van der Waals surface area contributed by atoms with Crippen LogP contribution in [0.3, 0.4) is 0 Å². The third-order valence-electron chi connectivity index (χ3n) is 2.07. The molecule has 0 rings (SSSR count). The normalized spacial score (nSPS) is 12.3. The molecule has 5 nitrogen and oxygen atoms in total. The van der Waals surface area contributed by atoms with Crippen LogP contribution >= 0.6 is 0 Å². The molecular weight excluding hydrogens is 206 g/mol. The van der Waals surface area contributed by atoms with Crippen LogP contribution in [-0.4, -0.2) is 30.9 Å². The van der Waals surface area contributed by atoms with Gasteiger partial charge in [0.25, 0.3) is 0 Å². The maximum Gasteiger partial charge on any atom is 0.239 e. The van der Waals surface area contributed by atoms with Crippen LogP contribution in [0.2, 0.25) is 0 Å². The molecule has 0 aromatic heterocycles. The van der Waals surface area contributed by atoms with E-state index in [9.17, 15) is 9.59 Å². The van der Waals surface area contributed by atoms with Crippen molar-refractivity contribution in [1.82, 2.24) is 10.6 Å². The number of hydrogen-bond acceptors (Lipinski definition) is 3. The Balaban J connectivity index is 3.70. The van der Waals surface area contributed by atoms with Gasteiger partial charge >= 0.3 is 0 Å². The monoisotopic (exact) mass is 229 g/mol. The number of nitrogens with two attached hydrogens (primary N) is 1. The fourth-order valence-corrected chi connectivity index (χ4v) is 1.12.